The maximum Gasteiger partial charge on any atom is 0.490 e. The van der Waals surface area contributed by atoms with Crippen molar-refractivity contribution in [3.8, 4) is 11.3 Å². The zero-order valence-electron chi connectivity index (χ0n) is 19.7. The standard InChI is InChI=1S/C23H23ClFN5.C2HF3O2/c1-14-23-18-4-2-16(15-6-9-26-10-7-15)12-19(18)21(8-11-30(23)29-28-14)27-22-13-17(24)3-5-20(22)25;3-2(4,5)1(6)7/h2-6,12-13,21,26-27H,7-11H2,1H3;(H,6,7). The minimum atomic E-state index is -5.08. The third-order valence-corrected chi connectivity index (χ3v) is 6.39. The van der Waals surface area contributed by atoms with Crippen LogP contribution < -0.4 is 10.6 Å². The van der Waals surface area contributed by atoms with Crippen LogP contribution in [0.5, 0.6) is 0 Å². The Bertz CT molecular complexity index is 1340. The lowest BCUT2D eigenvalue weighted by Crippen LogP contribution is -2.21. The first-order valence-corrected chi connectivity index (χ1v) is 11.9. The van der Waals surface area contributed by atoms with Gasteiger partial charge in [0.2, 0.25) is 0 Å². The lowest BCUT2D eigenvalue weighted by molar-refractivity contribution is -0.192. The number of aliphatic carboxylic acids is 1. The van der Waals surface area contributed by atoms with Gasteiger partial charge in [-0.15, -0.1) is 5.10 Å². The van der Waals surface area contributed by atoms with Gasteiger partial charge < -0.3 is 15.7 Å². The van der Waals surface area contributed by atoms with Crippen LogP contribution in [0.3, 0.4) is 0 Å². The largest absolute Gasteiger partial charge is 0.490 e. The molecule has 1 atom stereocenters. The number of anilines is 1. The summed E-state index contributed by atoms with van der Waals surface area (Å²) >= 11 is 6.13. The van der Waals surface area contributed by atoms with E-state index >= 15 is 0 Å². The first kappa shape index (κ1) is 26.6. The van der Waals surface area contributed by atoms with Crippen molar-refractivity contribution in [2.75, 3.05) is 18.4 Å². The Hall–Kier alpha value is -3.44. The second-order valence-corrected chi connectivity index (χ2v) is 9.08. The Labute approximate surface area is 215 Å². The quantitative estimate of drug-likeness (QED) is 0.376. The number of hydrogen-bond donors (Lipinski definition) is 3. The van der Waals surface area contributed by atoms with Crippen molar-refractivity contribution in [3.05, 3.63) is 70.1 Å². The van der Waals surface area contributed by atoms with Gasteiger partial charge >= 0.3 is 12.1 Å². The fourth-order valence-corrected chi connectivity index (χ4v) is 4.57. The third kappa shape index (κ3) is 6.11. The molecular formula is C25H24ClF4N5O2. The van der Waals surface area contributed by atoms with Crippen molar-refractivity contribution >= 4 is 28.8 Å². The van der Waals surface area contributed by atoms with Crippen molar-refractivity contribution in [2.45, 2.75) is 38.5 Å². The molecule has 196 valence electrons. The second-order valence-electron chi connectivity index (χ2n) is 8.64. The zero-order valence-corrected chi connectivity index (χ0v) is 20.5. The maximum absolute atomic E-state index is 14.5. The molecule has 0 spiro atoms. The van der Waals surface area contributed by atoms with Crippen molar-refractivity contribution in [2.24, 2.45) is 0 Å². The molecule has 2 aliphatic heterocycles. The summed E-state index contributed by atoms with van der Waals surface area (Å²) < 4.78 is 48.2. The summed E-state index contributed by atoms with van der Waals surface area (Å²) in [6, 6.07) is 11.1. The highest BCUT2D eigenvalue weighted by Crippen LogP contribution is 2.39. The van der Waals surface area contributed by atoms with E-state index in [1.54, 1.807) is 12.1 Å². The molecule has 0 radical (unpaired) electrons. The fraction of sp³-hybridized carbons (Fsp3) is 0.320. The predicted molar refractivity (Wildman–Crippen MR) is 132 cm³/mol. The van der Waals surface area contributed by atoms with Crippen LogP contribution in [0.15, 0.2) is 42.5 Å². The van der Waals surface area contributed by atoms with Gasteiger partial charge in [-0.25, -0.2) is 13.9 Å². The number of aromatic nitrogens is 3. The molecule has 3 N–H and O–H groups in total. The fourth-order valence-electron chi connectivity index (χ4n) is 4.39. The van der Waals surface area contributed by atoms with Crippen LogP contribution >= 0.6 is 11.6 Å². The molecule has 1 unspecified atom stereocenters. The Kier molecular flexibility index (Phi) is 7.84. The summed E-state index contributed by atoms with van der Waals surface area (Å²) in [5, 5.41) is 23.0. The number of carboxylic acids is 1. The summed E-state index contributed by atoms with van der Waals surface area (Å²) in [7, 11) is 0. The van der Waals surface area contributed by atoms with E-state index in [2.05, 4.69) is 45.2 Å². The molecule has 37 heavy (non-hydrogen) atoms. The van der Waals surface area contributed by atoms with Crippen molar-refractivity contribution in [1.29, 1.82) is 0 Å². The number of rotatable bonds is 3. The number of aryl methyl sites for hydroxylation is 2. The number of carboxylic acid groups (broad SMARTS) is 1. The van der Waals surface area contributed by atoms with Crippen molar-refractivity contribution in [1.82, 2.24) is 20.3 Å². The smallest absolute Gasteiger partial charge is 0.475 e. The highest BCUT2D eigenvalue weighted by atomic mass is 35.5. The summed E-state index contributed by atoms with van der Waals surface area (Å²) in [4.78, 5) is 8.90. The van der Waals surface area contributed by atoms with Gasteiger partial charge in [0, 0.05) is 23.7 Å². The molecule has 2 aromatic carbocycles. The van der Waals surface area contributed by atoms with E-state index in [0.29, 0.717) is 17.3 Å². The number of carbonyl (C=O) groups is 1. The molecule has 0 saturated heterocycles. The van der Waals surface area contributed by atoms with Gasteiger partial charge in [-0.05, 0) is 67.3 Å². The number of nitrogens with zero attached hydrogens (tertiary/aromatic N) is 3. The van der Waals surface area contributed by atoms with E-state index in [0.717, 1.165) is 48.4 Å². The lowest BCUT2D eigenvalue weighted by atomic mass is 9.90. The van der Waals surface area contributed by atoms with E-state index in [4.69, 9.17) is 21.5 Å². The number of benzene rings is 2. The van der Waals surface area contributed by atoms with E-state index in [9.17, 15) is 17.6 Å². The summed E-state index contributed by atoms with van der Waals surface area (Å²) in [5.74, 6) is -3.06. The summed E-state index contributed by atoms with van der Waals surface area (Å²) in [6.45, 7) is 4.55. The number of halogens is 5. The van der Waals surface area contributed by atoms with Crippen LogP contribution in [0.25, 0.3) is 16.8 Å². The molecule has 0 saturated carbocycles. The van der Waals surface area contributed by atoms with Gasteiger partial charge in [-0.1, -0.05) is 35.0 Å². The first-order chi connectivity index (χ1) is 17.5. The lowest BCUT2D eigenvalue weighted by Gasteiger charge is -2.23. The van der Waals surface area contributed by atoms with Crippen molar-refractivity contribution in [3.63, 3.8) is 0 Å². The Morgan fingerprint density at radius 1 is 1.24 bits per heavy atom. The molecular weight excluding hydrogens is 514 g/mol. The molecule has 2 aliphatic rings. The number of hydrogen-bond acceptors (Lipinski definition) is 5. The topological polar surface area (TPSA) is 92.1 Å². The maximum atomic E-state index is 14.5. The third-order valence-electron chi connectivity index (χ3n) is 6.15. The summed E-state index contributed by atoms with van der Waals surface area (Å²) in [5.41, 5.74) is 7.14. The van der Waals surface area contributed by atoms with E-state index in [1.165, 1.54) is 17.2 Å². The molecule has 3 heterocycles. The Morgan fingerprint density at radius 2 is 2.00 bits per heavy atom. The molecule has 0 aliphatic carbocycles. The molecule has 3 aromatic rings. The molecule has 0 amide bonds. The van der Waals surface area contributed by atoms with Gasteiger partial charge in [-0.3, -0.25) is 0 Å². The highest BCUT2D eigenvalue weighted by Gasteiger charge is 2.38. The Morgan fingerprint density at radius 3 is 2.68 bits per heavy atom. The SMILES string of the molecule is Cc1nnn2c1-c1ccc(C3=CCNCC3)cc1C(Nc1cc(Cl)ccc1F)CC2.O=C(O)C(F)(F)F. The van der Waals surface area contributed by atoms with Crippen LogP contribution in [0, 0.1) is 12.7 Å². The molecule has 7 nitrogen and oxygen atoms in total. The van der Waals surface area contributed by atoms with Gasteiger partial charge in [0.25, 0.3) is 0 Å². The number of nitrogens with one attached hydrogen (secondary N) is 2. The number of alkyl halides is 3. The zero-order chi connectivity index (χ0) is 26.7. The average Bonchev–Trinajstić information content (AvgIpc) is 3.15. The minimum Gasteiger partial charge on any atom is -0.475 e. The van der Waals surface area contributed by atoms with E-state index in [1.807, 2.05) is 11.6 Å². The van der Waals surface area contributed by atoms with Gasteiger partial charge in [0.15, 0.2) is 0 Å². The molecule has 0 fully saturated rings. The predicted octanol–water partition coefficient (Wildman–Crippen LogP) is 5.61. The van der Waals surface area contributed by atoms with Crippen LogP contribution in [0.2, 0.25) is 5.02 Å². The molecule has 0 bridgehead atoms. The normalized spacial score (nSPS) is 16.9. The van der Waals surface area contributed by atoms with Gasteiger partial charge in [0.1, 0.15) is 5.82 Å². The molecule has 5 rings (SSSR count). The molecule has 1 aromatic heterocycles. The second kappa shape index (κ2) is 10.9. The Balaban J connectivity index is 0.000000405. The van der Waals surface area contributed by atoms with Gasteiger partial charge in [0.05, 0.1) is 23.1 Å². The minimum absolute atomic E-state index is 0.0728. The van der Waals surface area contributed by atoms with Crippen molar-refractivity contribution < 1.29 is 27.5 Å². The monoisotopic (exact) mass is 537 g/mol. The van der Waals surface area contributed by atoms with Crippen LogP contribution in [-0.2, 0) is 11.3 Å². The van der Waals surface area contributed by atoms with Gasteiger partial charge in [-0.2, -0.15) is 13.2 Å². The highest BCUT2D eigenvalue weighted by molar-refractivity contribution is 6.30. The average molecular weight is 538 g/mol. The number of fused-ring (bicyclic) bond motifs is 3. The van der Waals surface area contributed by atoms with Crippen LogP contribution in [0.4, 0.5) is 23.2 Å². The molecule has 12 heteroatoms. The summed E-state index contributed by atoms with van der Waals surface area (Å²) in [6.07, 6.45) is -1.07. The van der Waals surface area contributed by atoms with Crippen LogP contribution in [-0.4, -0.2) is 45.3 Å². The first-order valence-electron chi connectivity index (χ1n) is 11.5. The van der Waals surface area contributed by atoms with Crippen LogP contribution in [0.1, 0.15) is 35.7 Å². The van der Waals surface area contributed by atoms with E-state index < -0.39 is 12.1 Å². The van der Waals surface area contributed by atoms with E-state index in [-0.39, 0.29) is 11.9 Å².